The maximum Gasteiger partial charge on any atom is 0.0594 e. The third-order valence-electron chi connectivity index (χ3n) is 2.94. The minimum atomic E-state index is 0.549. The number of nitrogens with one attached hydrogen (secondary N) is 1. The number of hydrogen-bond donors (Lipinski definition) is 1. The molecule has 0 aliphatic carbocycles. The molecule has 0 radical (unpaired) electrons. The van der Waals surface area contributed by atoms with E-state index in [1.165, 1.54) is 0 Å². The van der Waals surface area contributed by atoms with Crippen LogP contribution in [0.2, 0.25) is 0 Å². The molecule has 1 rings (SSSR count). The summed E-state index contributed by atoms with van der Waals surface area (Å²) in [5.41, 5.74) is 0. The van der Waals surface area contributed by atoms with Crippen molar-refractivity contribution in [2.24, 2.45) is 0 Å². The molecule has 1 aliphatic rings. The van der Waals surface area contributed by atoms with E-state index in [0.29, 0.717) is 18.1 Å². The summed E-state index contributed by atoms with van der Waals surface area (Å²) < 4.78 is 5.35. The Morgan fingerprint density at radius 3 is 2.14 bits per heavy atom. The van der Waals surface area contributed by atoms with Crippen LogP contribution >= 0.6 is 0 Å². The van der Waals surface area contributed by atoms with Gasteiger partial charge in [-0.15, -0.1) is 0 Å². The predicted octanol–water partition coefficient (Wildman–Crippen LogP) is 1.09. The van der Waals surface area contributed by atoms with E-state index in [1.807, 2.05) is 0 Å². The molecule has 3 heteroatoms. The van der Waals surface area contributed by atoms with E-state index in [4.69, 9.17) is 4.74 Å². The molecule has 1 fully saturated rings. The Kier molecular flexibility index (Phi) is 4.85. The van der Waals surface area contributed by atoms with Crippen LogP contribution in [-0.4, -0.2) is 49.3 Å². The number of nitrogens with zero attached hydrogens (tertiary/aromatic N) is 1. The van der Waals surface area contributed by atoms with Crippen molar-refractivity contribution >= 4 is 0 Å². The molecule has 2 unspecified atom stereocenters. The minimum Gasteiger partial charge on any atom is -0.379 e. The van der Waals surface area contributed by atoms with Gasteiger partial charge in [-0.25, -0.2) is 0 Å². The first-order valence-corrected chi connectivity index (χ1v) is 5.69. The smallest absolute Gasteiger partial charge is 0.0594 e. The number of ether oxygens (including phenoxy) is 1. The van der Waals surface area contributed by atoms with Gasteiger partial charge in [-0.2, -0.15) is 0 Å². The lowest BCUT2D eigenvalue weighted by Gasteiger charge is -2.36. The van der Waals surface area contributed by atoms with E-state index < -0.39 is 0 Å². The van der Waals surface area contributed by atoms with Crippen LogP contribution in [0, 0.1) is 0 Å². The lowest BCUT2D eigenvalue weighted by molar-refractivity contribution is 0.0131. The lowest BCUT2D eigenvalue weighted by Crippen LogP contribution is -2.52. The summed E-state index contributed by atoms with van der Waals surface area (Å²) in [5.74, 6) is 0. The standard InChI is InChI=1S/C11H24N2O/c1-9(2)12-10(3)11(4)13-5-7-14-8-6-13/h9-12H,5-8H2,1-4H3. The second-order valence-corrected chi connectivity index (χ2v) is 4.50. The molecule has 84 valence electrons. The second-order valence-electron chi connectivity index (χ2n) is 4.50. The Bertz CT molecular complexity index is 155. The van der Waals surface area contributed by atoms with Crippen LogP contribution in [0.1, 0.15) is 27.7 Å². The highest BCUT2D eigenvalue weighted by Gasteiger charge is 2.21. The lowest BCUT2D eigenvalue weighted by atomic mass is 10.1. The summed E-state index contributed by atoms with van der Waals surface area (Å²) in [4.78, 5) is 2.50. The summed E-state index contributed by atoms with van der Waals surface area (Å²) in [5, 5.41) is 3.56. The molecule has 1 aliphatic heterocycles. The first-order chi connectivity index (χ1) is 6.61. The van der Waals surface area contributed by atoms with Crippen LogP contribution in [0.4, 0.5) is 0 Å². The molecule has 0 bridgehead atoms. The Hall–Kier alpha value is -0.120. The first kappa shape index (κ1) is 12.0. The zero-order valence-corrected chi connectivity index (χ0v) is 9.92. The average Bonchev–Trinajstić information content (AvgIpc) is 2.17. The van der Waals surface area contributed by atoms with Gasteiger partial charge in [0.2, 0.25) is 0 Å². The van der Waals surface area contributed by atoms with Gasteiger partial charge >= 0.3 is 0 Å². The molecular formula is C11H24N2O. The van der Waals surface area contributed by atoms with Crippen molar-refractivity contribution in [3.8, 4) is 0 Å². The molecule has 1 saturated heterocycles. The number of hydrogen-bond acceptors (Lipinski definition) is 3. The van der Waals surface area contributed by atoms with Crippen molar-refractivity contribution in [1.29, 1.82) is 0 Å². The SMILES string of the molecule is CC(C)NC(C)C(C)N1CCOCC1. The molecule has 0 aromatic carbocycles. The van der Waals surface area contributed by atoms with Gasteiger partial charge in [0.25, 0.3) is 0 Å². The van der Waals surface area contributed by atoms with Crippen molar-refractivity contribution in [2.75, 3.05) is 26.3 Å². The molecule has 2 atom stereocenters. The molecule has 0 amide bonds. The molecular weight excluding hydrogens is 176 g/mol. The highest BCUT2D eigenvalue weighted by molar-refractivity contribution is 4.80. The number of rotatable bonds is 4. The third kappa shape index (κ3) is 3.56. The van der Waals surface area contributed by atoms with Gasteiger partial charge in [0.1, 0.15) is 0 Å². The van der Waals surface area contributed by atoms with Crippen LogP contribution in [0.25, 0.3) is 0 Å². The molecule has 1 heterocycles. The molecule has 0 aromatic rings. The number of morpholine rings is 1. The van der Waals surface area contributed by atoms with Crippen molar-refractivity contribution < 1.29 is 4.74 Å². The van der Waals surface area contributed by atoms with Crippen LogP contribution in [-0.2, 0) is 4.74 Å². The maximum atomic E-state index is 5.35. The third-order valence-corrected chi connectivity index (χ3v) is 2.94. The average molecular weight is 200 g/mol. The zero-order valence-electron chi connectivity index (χ0n) is 9.92. The van der Waals surface area contributed by atoms with Gasteiger partial charge in [-0.1, -0.05) is 13.8 Å². The Balaban J connectivity index is 2.33. The highest BCUT2D eigenvalue weighted by atomic mass is 16.5. The van der Waals surface area contributed by atoms with Crippen LogP contribution in [0.15, 0.2) is 0 Å². The Morgan fingerprint density at radius 2 is 1.64 bits per heavy atom. The summed E-state index contributed by atoms with van der Waals surface area (Å²) in [6.07, 6.45) is 0. The maximum absolute atomic E-state index is 5.35. The van der Waals surface area contributed by atoms with Crippen molar-refractivity contribution in [3.05, 3.63) is 0 Å². The van der Waals surface area contributed by atoms with Crippen LogP contribution in [0.3, 0.4) is 0 Å². The topological polar surface area (TPSA) is 24.5 Å². The molecule has 0 saturated carbocycles. The van der Waals surface area contributed by atoms with Gasteiger partial charge in [0, 0.05) is 31.2 Å². The summed E-state index contributed by atoms with van der Waals surface area (Å²) in [6, 6.07) is 1.71. The Labute approximate surface area is 87.8 Å². The van der Waals surface area contributed by atoms with Crippen LogP contribution < -0.4 is 5.32 Å². The Morgan fingerprint density at radius 1 is 1.07 bits per heavy atom. The summed E-state index contributed by atoms with van der Waals surface area (Å²) in [6.45, 7) is 12.9. The van der Waals surface area contributed by atoms with Gasteiger partial charge in [-0.05, 0) is 13.8 Å². The van der Waals surface area contributed by atoms with Crippen LogP contribution in [0.5, 0.6) is 0 Å². The summed E-state index contributed by atoms with van der Waals surface area (Å²) in [7, 11) is 0. The zero-order chi connectivity index (χ0) is 10.6. The normalized spacial score (nSPS) is 23.8. The van der Waals surface area contributed by atoms with Gasteiger partial charge in [0.05, 0.1) is 13.2 Å². The molecule has 3 nitrogen and oxygen atoms in total. The molecule has 1 N–H and O–H groups in total. The van der Waals surface area contributed by atoms with E-state index in [0.717, 1.165) is 26.3 Å². The fraction of sp³-hybridized carbons (Fsp3) is 1.00. The van der Waals surface area contributed by atoms with E-state index in [9.17, 15) is 0 Å². The predicted molar refractivity (Wildman–Crippen MR) is 59.6 cm³/mol. The van der Waals surface area contributed by atoms with Crippen molar-refractivity contribution in [1.82, 2.24) is 10.2 Å². The fourth-order valence-electron chi connectivity index (χ4n) is 1.97. The van der Waals surface area contributed by atoms with Gasteiger partial charge in [-0.3, -0.25) is 4.90 Å². The van der Waals surface area contributed by atoms with Gasteiger partial charge in [0.15, 0.2) is 0 Å². The van der Waals surface area contributed by atoms with E-state index in [1.54, 1.807) is 0 Å². The van der Waals surface area contributed by atoms with E-state index in [-0.39, 0.29) is 0 Å². The molecule has 0 aromatic heterocycles. The van der Waals surface area contributed by atoms with E-state index >= 15 is 0 Å². The van der Waals surface area contributed by atoms with Gasteiger partial charge < -0.3 is 10.1 Å². The molecule has 14 heavy (non-hydrogen) atoms. The van der Waals surface area contributed by atoms with Crippen molar-refractivity contribution in [3.63, 3.8) is 0 Å². The second kappa shape index (κ2) is 5.69. The monoisotopic (exact) mass is 200 g/mol. The minimum absolute atomic E-state index is 0.549. The highest BCUT2D eigenvalue weighted by Crippen LogP contribution is 2.07. The molecule has 0 spiro atoms. The first-order valence-electron chi connectivity index (χ1n) is 5.69. The quantitative estimate of drug-likeness (QED) is 0.735. The van der Waals surface area contributed by atoms with E-state index in [2.05, 4.69) is 37.9 Å². The largest absolute Gasteiger partial charge is 0.379 e. The summed E-state index contributed by atoms with van der Waals surface area (Å²) >= 11 is 0. The van der Waals surface area contributed by atoms with Crippen molar-refractivity contribution in [2.45, 2.75) is 45.8 Å². The fourth-order valence-corrected chi connectivity index (χ4v) is 1.97.